The summed E-state index contributed by atoms with van der Waals surface area (Å²) in [6.07, 6.45) is 0. The maximum Gasteiger partial charge on any atom is 0.349 e. The SMILES string of the molecule is CCOC(=O)/C(C#N)=C(/C)c1ccc(Br)cc1. The lowest BCUT2D eigenvalue weighted by Gasteiger charge is -2.05. The van der Waals surface area contributed by atoms with E-state index in [9.17, 15) is 4.79 Å². The minimum absolute atomic E-state index is 0.0502. The summed E-state index contributed by atoms with van der Waals surface area (Å²) in [6, 6.07) is 9.30. The molecule has 0 fully saturated rings. The van der Waals surface area contributed by atoms with Crippen LogP contribution in [0.2, 0.25) is 0 Å². The van der Waals surface area contributed by atoms with Crippen LogP contribution in [-0.2, 0) is 9.53 Å². The Kier molecular flexibility index (Phi) is 4.92. The molecule has 0 saturated carbocycles. The summed E-state index contributed by atoms with van der Waals surface area (Å²) < 4.78 is 5.78. The minimum atomic E-state index is -0.574. The first-order valence-electron chi connectivity index (χ1n) is 5.14. The fourth-order valence-electron chi connectivity index (χ4n) is 1.33. The Balaban J connectivity index is 3.13. The molecule has 0 bridgehead atoms. The van der Waals surface area contributed by atoms with Gasteiger partial charge in [0.25, 0.3) is 0 Å². The van der Waals surface area contributed by atoms with Gasteiger partial charge >= 0.3 is 5.97 Å². The third kappa shape index (κ3) is 3.43. The number of allylic oxidation sites excluding steroid dienone is 1. The first-order chi connectivity index (χ1) is 8.10. The zero-order chi connectivity index (χ0) is 12.8. The van der Waals surface area contributed by atoms with E-state index in [2.05, 4.69) is 15.9 Å². The average molecular weight is 294 g/mol. The van der Waals surface area contributed by atoms with E-state index in [1.807, 2.05) is 30.3 Å². The van der Waals surface area contributed by atoms with Crippen molar-refractivity contribution in [2.45, 2.75) is 13.8 Å². The lowest BCUT2D eigenvalue weighted by Crippen LogP contribution is -2.07. The number of benzene rings is 1. The second-order valence-corrected chi connectivity index (χ2v) is 4.25. The van der Waals surface area contributed by atoms with Crippen molar-refractivity contribution in [3.8, 4) is 6.07 Å². The van der Waals surface area contributed by atoms with Crippen molar-refractivity contribution in [2.24, 2.45) is 0 Å². The van der Waals surface area contributed by atoms with Crippen LogP contribution in [0.15, 0.2) is 34.3 Å². The van der Waals surface area contributed by atoms with Crippen LogP contribution in [0, 0.1) is 11.3 Å². The van der Waals surface area contributed by atoms with E-state index in [-0.39, 0.29) is 12.2 Å². The Morgan fingerprint density at radius 1 is 1.41 bits per heavy atom. The topological polar surface area (TPSA) is 50.1 Å². The van der Waals surface area contributed by atoms with E-state index in [1.165, 1.54) is 0 Å². The molecule has 0 N–H and O–H groups in total. The fourth-order valence-corrected chi connectivity index (χ4v) is 1.59. The molecule has 4 heteroatoms. The van der Waals surface area contributed by atoms with Gasteiger partial charge in [0.2, 0.25) is 0 Å². The molecule has 0 spiro atoms. The van der Waals surface area contributed by atoms with Gasteiger partial charge in [0.05, 0.1) is 6.61 Å². The molecule has 0 aromatic heterocycles. The van der Waals surface area contributed by atoms with Crippen molar-refractivity contribution in [3.63, 3.8) is 0 Å². The number of halogens is 1. The van der Waals surface area contributed by atoms with Gasteiger partial charge in [-0.2, -0.15) is 5.26 Å². The Hall–Kier alpha value is -1.60. The number of nitrogens with zero attached hydrogens (tertiary/aromatic N) is 1. The van der Waals surface area contributed by atoms with Gasteiger partial charge in [0.15, 0.2) is 0 Å². The minimum Gasteiger partial charge on any atom is -0.462 e. The van der Waals surface area contributed by atoms with E-state index < -0.39 is 5.97 Å². The Morgan fingerprint density at radius 2 is 2.00 bits per heavy atom. The van der Waals surface area contributed by atoms with Gasteiger partial charge in [0.1, 0.15) is 11.6 Å². The lowest BCUT2D eigenvalue weighted by molar-refractivity contribution is -0.137. The van der Waals surface area contributed by atoms with Crippen LogP contribution in [0.4, 0.5) is 0 Å². The quantitative estimate of drug-likeness (QED) is 0.488. The molecule has 0 radical (unpaired) electrons. The van der Waals surface area contributed by atoms with Gasteiger partial charge in [-0.1, -0.05) is 28.1 Å². The van der Waals surface area contributed by atoms with E-state index in [1.54, 1.807) is 13.8 Å². The maximum absolute atomic E-state index is 11.5. The van der Waals surface area contributed by atoms with Gasteiger partial charge in [-0.25, -0.2) is 4.79 Å². The van der Waals surface area contributed by atoms with Crippen LogP contribution in [0.1, 0.15) is 19.4 Å². The molecule has 0 amide bonds. The number of ether oxygens (including phenoxy) is 1. The highest BCUT2D eigenvalue weighted by Crippen LogP contribution is 2.21. The molecule has 88 valence electrons. The third-order valence-electron chi connectivity index (χ3n) is 2.24. The molecule has 0 aliphatic heterocycles. The van der Waals surface area contributed by atoms with E-state index in [4.69, 9.17) is 10.00 Å². The number of nitriles is 1. The molecule has 0 saturated heterocycles. The average Bonchev–Trinajstić information content (AvgIpc) is 2.31. The first-order valence-corrected chi connectivity index (χ1v) is 5.93. The van der Waals surface area contributed by atoms with Crippen LogP contribution in [0.25, 0.3) is 5.57 Å². The highest BCUT2D eigenvalue weighted by Gasteiger charge is 2.14. The van der Waals surface area contributed by atoms with Crippen molar-refractivity contribution in [1.82, 2.24) is 0 Å². The normalized spacial score (nSPS) is 11.4. The Morgan fingerprint density at radius 3 is 2.47 bits per heavy atom. The number of rotatable bonds is 3. The van der Waals surface area contributed by atoms with E-state index in [0.29, 0.717) is 5.57 Å². The van der Waals surface area contributed by atoms with E-state index in [0.717, 1.165) is 10.0 Å². The van der Waals surface area contributed by atoms with Crippen molar-refractivity contribution in [1.29, 1.82) is 5.26 Å². The van der Waals surface area contributed by atoms with Crippen molar-refractivity contribution < 1.29 is 9.53 Å². The fraction of sp³-hybridized carbons (Fsp3) is 0.231. The molecular weight excluding hydrogens is 282 g/mol. The third-order valence-corrected chi connectivity index (χ3v) is 2.77. The second kappa shape index (κ2) is 6.21. The molecule has 1 aromatic rings. The molecule has 17 heavy (non-hydrogen) atoms. The molecule has 1 rings (SSSR count). The monoisotopic (exact) mass is 293 g/mol. The molecule has 1 aromatic carbocycles. The summed E-state index contributed by atoms with van der Waals surface area (Å²) in [7, 11) is 0. The van der Waals surface area contributed by atoms with Crippen molar-refractivity contribution in [3.05, 3.63) is 39.9 Å². The summed E-state index contributed by atoms with van der Waals surface area (Å²) in [5, 5.41) is 8.99. The van der Waals surface area contributed by atoms with Crippen LogP contribution in [-0.4, -0.2) is 12.6 Å². The Labute approximate surface area is 109 Å². The highest BCUT2D eigenvalue weighted by molar-refractivity contribution is 9.10. The molecule has 0 aliphatic rings. The highest BCUT2D eigenvalue weighted by atomic mass is 79.9. The summed E-state index contributed by atoms with van der Waals surface area (Å²) in [5.74, 6) is -0.574. The molecule has 3 nitrogen and oxygen atoms in total. The van der Waals surface area contributed by atoms with Gasteiger partial charge in [0, 0.05) is 4.47 Å². The van der Waals surface area contributed by atoms with Gasteiger partial charge < -0.3 is 4.74 Å². The van der Waals surface area contributed by atoms with E-state index >= 15 is 0 Å². The number of carbonyl (C=O) groups excluding carboxylic acids is 1. The zero-order valence-electron chi connectivity index (χ0n) is 9.66. The molecule has 0 atom stereocenters. The largest absolute Gasteiger partial charge is 0.462 e. The van der Waals surface area contributed by atoms with Crippen LogP contribution in [0.5, 0.6) is 0 Å². The molecule has 0 aliphatic carbocycles. The van der Waals surface area contributed by atoms with Gasteiger partial charge in [-0.05, 0) is 37.1 Å². The number of hydrogen-bond acceptors (Lipinski definition) is 3. The van der Waals surface area contributed by atoms with Crippen LogP contribution < -0.4 is 0 Å². The number of esters is 1. The standard InChI is InChI=1S/C13H12BrNO2/c1-3-17-13(16)12(8-15)9(2)10-4-6-11(14)7-5-10/h4-7H,3H2,1-2H3/b12-9-. The zero-order valence-corrected chi connectivity index (χ0v) is 11.2. The van der Waals surface area contributed by atoms with Gasteiger partial charge in [-0.3, -0.25) is 0 Å². The predicted molar refractivity (Wildman–Crippen MR) is 69.0 cm³/mol. The number of hydrogen-bond donors (Lipinski definition) is 0. The van der Waals surface area contributed by atoms with Crippen molar-refractivity contribution >= 4 is 27.5 Å². The van der Waals surface area contributed by atoms with Crippen LogP contribution >= 0.6 is 15.9 Å². The number of carbonyl (C=O) groups is 1. The maximum atomic E-state index is 11.5. The predicted octanol–water partition coefficient (Wildman–Crippen LogP) is 3.31. The summed E-state index contributed by atoms with van der Waals surface area (Å²) in [6.45, 7) is 3.71. The molecule has 0 unspecified atom stereocenters. The Bertz CT molecular complexity index is 483. The first kappa shape index (κ1) is 13.5. The summed E-state index contributed by atoms with van der Waals surface area (Å²) in [4.78, 5) is 11.5. The summed E-state index contributed by atoms with van der Waals surface area (Å²) in [5.41, 5.74) is 1.51. The van der Waals surface area contributed by atoms with Crippen LogP contribution in [0.3, 0.4) is 0 Å². The second-order valence-electron chi connectivity index (χ2n) is 3.34. The van der Waals surface area contributed by atoms with Crippen molar-refractivity contribution in [2.75, 3.05) is 6.61 Å². The lowest BCUT2D eigenvalue weighted by atomic mass is 10.0. The molecular formula is C13H12BrNO2. The summed E-state index contributed by atoms with van der Waals surface area (Å²) >= 11 is 3.33. The van der Waals surface area contributed by atoms with Gasteiger partial charge in [-0.15, -0.1) is 0 Å². The smallest absolute Gasteiger partial charge is 0.349 e. The molecule has 0 heterocycles.